The van der Waals surface area contributed by atoms with Gasteiger partial charge in [0.15, 0.2) is 18.1 Å². The van der Waals surface area contributed by atoms with Gasteiger partial charge in [0, 0.05) is 17.4 Å². The molecule has 0 radical (unpaired) electrons. The van der Waals surface area contributed by atoms with Crippen molar-refractivity contribution < 1.29 is 32.2 Å². The Balaban J connectivity index is 1.32. The molecule has 0 saturated heterocycles. The van der Waals surface area contributed by atoms with Crippen LogP contribution in [0.15, 0.2) is 78.2 Å². The third-order valence-electron chi connectivity index (χ3n) is 4.59. The third-order valence-corrected chi connectivity index (χ3v) is 5.60. The lowest BCUT2D eigenvalue weighted by molar-refractivity contribution is -0.119. The van der Waals surface area contributed by atoms with Crippen LogP contribution < -0.4 is 19.5 Å². The van der Waals surface area contributed by atoms with Crippen LogP contribution in [-0.2, 0) is 19.6 Å². The summed E-state index contributed by atoms with van der Waals surface area (Å²) < 4.78 is 42.5. The summed E-state index contributed by atoms with van der Waals surface area (Å²) in [5.41, 5.74) is 1.45. The number of fused-ring (bicyclic) bond motifs is 1. The van der Waals surface area contributed by atoms with Gasteiger partial charge in [-0.1, -0.05) is 36.4 Å². The predicted octanol–water partition coefficient (Wildman–Crippen LogP) is 3.62. The summed E-state index contributed by atoms with van der Waals surface area (Å²) in [5.74, 6) is -0.236. The number of nitrogens with one attached hydrogen (secondary N) is 2. The van der Waals surface area contributed by atoms with Crippen molar-refractivity contribution in [2.45, 2.75) is 0 Å². The highest BCUT2D eigenvalue weighted by atomic mass is 32.2. The minimum absolute atomic E-state index is 0.0862. The molecule has 9 nitrogen and oxygen atoms in total. The van der Waals surface area contributed by atoms with Gasteiger partial charge in [-0.2, -0.15) is 0 Å². The van der Waals surface area contributed by atoms with E-state index in [1.165, 1.54) is 30.3 Å². The molecule has 34 heavy (non-hydrogen) atoms. The van der Waals surface area contributed by atoms with Crippen molar-refractivity contribution in [3.8, 4) is 11.5 Å². The number of anilines is 2. The monoisotopic (exact) mass is 480 g/mol. The van der Waals surface area contributed by atoms with Crippen molar-refractivity contribution in [2.24, 2.45) is 0 Å². The molecule has 1 amide bonds. The molecule has 0 bridgehead atoms. The summed E-state index contributed by atoms with van der Waals surface area (Å²) in [6, 6.07) is 19.6. The van der Waals surface area contributed by atoms with Crippen molar-refractivity contribution in [3.63, 3.8) is 0 Å². The Morgan fingerprint density at radius 3 is 2.53 bits per heavy atom. The number of amides is 1. The van der Waals surface area contributed by atoms with Crippen LogP contribution in [0.25, 0.3) is 6.08 Å². The maximum absolute atomic E-state index is 12.4. The van der Waals surface area contributed by atoms with Gasteiger partial charge >= 0.3 is 5.97 Å². The maximum Gasteiger partial charge on any atom is 0.338 e. The molecule has 1 aliphatic rings. The number of esters is 1. The third kappa shape index (κ3) is 6.14. The lowest BCUT2D eigenvalue weighted by Crippen LogP contribution is -2.21. The first-order valence-corrected chi connectivity index (χ1v) is 11.7. The minimum atomic E-state index is -3.81. The van der Waals surface area contributed by atoms with Crippen molar-refractivity contribution in [1.29, 1.82) is 0 Å². The Morgan fingerprint density at radius 2 is 1.71 bits per heavy atom. The second-order valence-corrected chi connectivity index (χ2v) is 8.70. The molecular formula is C24H20N2O7S. The van der Waals surface area contributed by atoms with Crippen LogP contribution >= 0.6 is 0 Å². The normalized spacial score (nSPS) is 12.4. The zero-order valence-electron chi connectivity index (χ0n) is 17.8. The van der Waals surface area contributed by atoms with E-state index in [9.17, 15) is 18.0 Å². The molecule has 0 saturated carbocycles. The van der Waals surface area contributed by atoms with E-state index < -0.39 is 28.5 Å². The second kappa shape index (κ2) is 10.1. The average Bonchev–Trinajstić information content (AvgIpc) is 3.30. The van der Waals surface area contributed by atoms with Gasteiger partial charge in [-0.3, -0.25) is 9.52 Å². The quantitative estimate of drug-likeness (QED) is 0.473. The van der Waals surface area contributed by atoms with Crippen LogP contribution in [0.1, 0.15) is 15.9 Å². The molecule has 10 heteroatoms. The number of carbonyl (C=O) groups excluding carboxylic acids is 2. The fraction of sp³-hybridized carbons (Fsp3) is 0.0833. The van der Waals surface area contributed by atoms with Gasteiger partial charge in [0.1, 0.15) is 0 Å². The van der Waals surface area contributed by atoms with Gasteiger partial charge in [-0.25, -0.2) is 13.2 Å². The number of hydrogen-bond donors (Lipinski definition) is 2. The smallest absolute Gasteiger partial charge is 0.338 e. The van der Waals surface area contributed by atoms with E-state index in [-0.39, 0.29) is 18.0 Å². The van der Waals surface area contributed by atoms with Gasteiger partial charge in [0.2, 0.25) is 6.79 Å². The Bertz CT molecular complexity index is 1340. The fourth-order valence-corrected chi connectivity index (χ4v) is 3.89. The minimum Gasteiger partial charge on any atom is -0.454 e. The Kier molecular flexibility index (Phi) is 6.79. The molecule has 0 atom stereocenters. The molecule has 2 N–H and O–H groups in total. The molecule has 3 aromatic rings. The fourth-order valence-electron chi connectivity index (χ4n) is 3.03. The van der Waals surface area contributed by atoms with E-state index in [2.05, 4.69) is 10.0 Å². The van der Waals surface area contributed by atoms with Crippen LogP contribution in [0, 0.1) is 0 Å². The van der Waals surface area contributed by atoms with Gasteiger partial charge < -0.3 is 19.5 Å². The number of ether oxygens (including phenoxy) is 3. The molecule has 174 valence electrons. The molecule has 0 unspecified atom stereocenters. The number of carbonyl (C=O) groups is 2. The van der Waals surface area contributed by atoms with E-state index in [1.54, 1.807) is 42.5 Å². The number of hydrogen-bond acceptors (Lipinski definition) is 7. The summed E-state index contributed by atoms with van der Waals surface area (Å²) in [4.78, 5) is 24.5. The van der Waals surface area contributed by atoms with E-state index in [0.29, 0.717) is 17.2 Å². The van der Waals surface area contributed by atoms with Crippen molar-refractivity contribution >= 4 is 39.4 Å². The zero-order valence-corrected chi connectivity index (χ0v) is 18.6. The van der Waals surface area contributed by atoms with Crippen LogP contribution in [-0.4, -0.2) is 33.7 Å². The van der Waals surface area contributed by atoms with Crippen LogP contribution in [0.5, 0.6) is 11.5 Å². The molecule has 0 aliphatic carbocycles. The summed E-state index contributed by atoms with van der Waals surface area (Å²) in [5, 5.41) is 3.63. The van der Waals surface area contributed by atoms with E-state index in [0.717, 1.165) is 11.0 Å². The number of sulfonamides is 1. The summed E-state index contributed by atoms with van der Waals surface area (Å²) >= 11 is 0. The Hall–Kier alpha value is -4.31. The van der Waals surface area contributed by atoms with Crippen LogP contribution in [0.4, 0.5) is 11.4 Å². The lowest BCUT2D eigenvalue weighted by Gasteiger charge is -2.09. The molecule has 3 aromatic carbocycles. The molecule has 0 fully saturated rings. The summed E-state index contributed by atoms with van der Waals surface area (Å²) in [6.07, 6.45) is 1.46. The van der Waals surface area contributed by atoms with Gasteiger partial charge in [-0.05, 0) is 42.0 Å². The van der Waals surface area contributed by atoms with Crippen LogP contribution in [0.3, 0.4) is 0 Å². The first-order chi connectivity index (χ1) is 16.4. The highest BCUT2D eigenvalue weighted by Gasteiger charge is 2.16. The predicted molar refractivity (Wildman–Crippen MR) is 126 cm³/mol. The second-order valence-electron chi connectivity index (χ2n) is 7.13. The highest BCUT2D eigenvalue weighted by molar-refractivity contribution is 7.95. The summed E-state index contributed by atoms with van der Waals surface area (Å²) in [7, 11) is -3.81. The lowest BCUT2D eigenvalue weighted by atomic mass is 10.2. The van der Waals surface area contributed by atoms with Crippen LogP contribution in [0.2, 0.25) is 0 Å². The van der Waals surface area contributed by atoms with Gasteiger partial charge in [-0.15, -0.1) is 0 Å². The molecular weight excluding hydrogens is 460 g/mol. The van der Waals surface area contributed by atoms with Gasteiger partial charge in [0.05, 0.1) is 11.0 Å². The first-order valence-electron chi connectivity index (χ1n) is 10.1. The van der Waals surface area contributed by atoms with Crippen molar-refractivity contribution in [2.75, 3.05) is 23.4 Å². The maximum atomic E-state index is 12.4. The molecule has 4 rings (SSSR count). The van der Waals surface area contributed by atoms with Crippen molar-refractivity contribution in [3.05, 3.63) is 89.3 Å². The Labute approximate surface area is 196 Å². The zero-order chi connectivity index (χ0) is 24.0. The largest absolute Gasteiger partial charge is 0.454 e. The molecule has 0 aromatic heterocycles. The summed E-state index contributed by atoms with van der Waals surface area (Å²) in [6.45, 7) is -0.411. The van der Waals surface area contributed by atoms with Crippen molar-refractivity contribution in [1.82, 2.24) is 0 Å². The highest BCUT2D eigenvalue weighted by Crippen LogP contribution is 2.34. The van der Waals surface area contributed by atoms with E-state index in [4.69, 9.17) is 14.2 Å². The molecule has 1 heterocycles. The average molecular weight is 480 g/mol. The standard InChI is InChI=1S/C24H20N2O7S/c27-23(25-19-9-10-21-22(14-19)33-16-32-21)15-31-24(28)18-7-4-8-20(13-18)26-34(29,30)12-11-17-5-2-1-3-6-17/h1-14,26H,15-16H2,(H,25,27)/b12-11+. The SMILES string of the molecule is O=C(COC(=O)c1cccc(NS(=O)(=O)/C=C/c2ccccc2)c1)Nc1ccc2c(c1)OCO2. The van der Waals surface area contributed by atoms with E-state index in [1.807, 2.05) is 6.07 Å². The topological polar surface area (TPSA) is 120 Å². The molecule has 0 spiro atoms. The number of benzene rings is 3. The Morgan fingerprint density at radius 1 is 0.912 bits per heavy atom. The molecule has 1 aliphatic heterocycles. The first kappa shape index (κ1) is 22.9. The van der Waals surface area contributed by atoms with Gasteiger partial charge in [0.25, 0.3) is 15.9 Å². The van der Waals surface area contributed by atoms with E-state index >= 15 is 0 Å². The number of rotatable bonds is 8.